The Labute approximate surface area is 122 Å². The maximum atomic E-state index is 12.0. The molecule has 0 fully saturated rings. The lowest BCUT2D eigenvalue weighted by atomic mass is 10.1. The molecule has 110 valence electrons. The first-order valence-corrected chi connectivity index (χ1v) is 7.08. The first-order chi connectivity index (χ1) is 9.34. The van der Waals surface area contributed by atoms with E-state index in [0.29, 0.717) is 18.0 Å². The minimum absolute atomic E-state index is 0.183. The molecule has 0 saturated heterocycles. The van der Waals surface area contributed by atoms with Crippen molar-refractivity contribution in [1.82, 2.24) is 5.32 Å². The number of carbonyl (C=O) groups is 2. The number of carboxylic acid groups (broad SMARTS) is 1. The van der Waals surface area contributed by atoms with E-state index in [1.165, 1.54) is 17.4 Å². The smallest absolute Gasteiger partial charge is 0.328 e. The van der Waals surface area contributed by atoms with Crippen molar-refractivity contribution < 1.29 is 19.4 Å². The second-order valence-electron chi connectivity index (χ2n) is 4.75. The van der Waals surface area contributed by atoms with Gasteiger partial charge in [-0.15, -0.1) is 11.3 Å². The molecule has 0 aliphatic carbocycles. The van der Waals surface area contributed by atoms with Gasteiger partial charge in [-0.3, -0.25) is 4.79 Å². The first-order valence-electron chi connectivity index (χ1n) is 6.27. The van der Waals surface area contributed by atoms with E-state index in [1.54, 1.807) is 12.1 Å². The van der Waals surface area contributed by atoms with Gasteiger partial charge in [0.25, 0.3) is 5.91 Å². The molecule has 20 heavy (non-hydrogen) atoms. The predicted octanol–water partition coefficient (Wildman–Crippen LogP) is 2.39. The van der Waals surface area contributed by atoms with Crippen LogP contribution < -0.4 is 5.32 Å². The number of thiophene rings is 1. The fourth-order valence-electron chi connectivity index (χ4n) is 1.54. The fourth-order valence-corrected chi connectivity index (χ4v) is 2.37. The molecule has 0 spiro atoms. The lowest BCUT2D eigenvalue weighted by Gasteiger charge is -2.24. The summed E-state index contributed by atoms with van der Waals surface area (Å²) in [4.78, 5) is 23.6. The number of aliphatic carboxylic acids is 1. The van der Waals surface area contributed by atoms with Crippen LogP contribution in [0.1, 0.15) is 35.3 Å². The molecule has 1 aromatic rings. The second-order valence-corrected chi connectivity index (χ2v) is 5.86. The number of carboxylic acids is 1. The third-order valence-corrected chi connectivity index (χ3v) is 3.50. The summed E-state index contributed by atoms with van der Waals surface area (Å²) in [6.45, 7) is 6.73. The highest BCUT2D eigenvalue weighted by Gasteiger charge is 2.19. The Morgan fingerprint density at radius 2 is 2.15 bits per heavy atom. The van der Waals surface area contributed by atoms with Crippen molar-refractivity contribution in [3.05, 3.63) is 28.0 Å². The van der Waals surface area contributed by atoms with Crippen molar-refractivity contribution in [2.24, 2.45) is 0 Å². The van der Waals surface area contributed by atoms with Crippen LogP contribution in [0.4, 0.5) is 0 Å². The van der Waals surface area contributed by atoms with Crippen molar-refractivity contribution in [2.75, 3.05) is 13.2 Å². The van der Waals surface area contributed by atoms with E-state index in [9.17, 15) is 9.59 Å². The molecular weight excluding hydrogens is 278 g/mol. The monoisotopic (exact) mass is 297 g/mol. The average molecular weight is 297 g/mol. The van der Waals surface area contributed by atoms with Crippen molar-refractivity contribution in [1.29, 1.82) is 0 Å². The quantitative estimate of drug-likeness (QED) is 0.758. The van der Waals surface area contributed by atoms with Gasteiger partial charge in [-0.1, -0.05) is 0 Å². The Morgan fingerprint density at radius 3 is 2.75 bits per heavy atom. The number of hydrogen-bond donors (Lipinski definition) is 2. The molecule has 0 saturated carbocycles. The highest BCUT2D eigenvalue weighted by Crippen LogP contribution is 2.18. The predicted molar refractivity (Wildman–Crippen MR) is 79.0 cm³/mol. The number of rotatable bonds is 7. The molecule has 1 rings (SSSR count). The molecule has 0 atom stereocenters. The van der Waals surface area contributed by atoms with Crippen molar-refractivity contribution in [3.8, 4) is 0 Å². The maximum Gasteiger partial charge on any atom is 0.328 e. The van der Waals surface area contributed by atoms with Crippen LogP contribution in [0.25, 0.3) is 6.08 Å². The van der Waals surface area contributed by atoms with Crippen molar-refractivity contribution >= 4 is 29.3 Å². The summed E-state index contributed by atoms with van der Waals surface area (Å²) in [7, 11) is 0. The molecule has 1 aromatic heterocycles. The fraction of sp³-hybridized carbons (Fsp3) is 0.429. The van der Waals surface area contributed by atoms with E-state index >= 15 is 0 Å². The number of nitrogens with one attached hydrogen (secondary N) is 1. The van der Waals surface area contributed by atoms with E-state index in [-0.39, 0.29) is 5.91 Å². The molecule has 0 unspecified atom stereocenters. The van der Waals surface area contributed by atoms with Gasteiger partial charge in [0.05, 0.1) is 10.5 Å². The van der Waals surface area contributed by atoms with E-state index < -0.39 is 11.6 Å². The number of amides is 1. The molecule has 0 radical (unpaired) electrons. The Bertz CT molecular complexity index is 505. The molecule has 0 bridgehead atoms. The SMILES string of the molecule is CCOC(C)(C)CNC(=O)c1ccc(/C=C/C(=O)O)s1. The molecule has 5 nitrogen and oxygen atoms in total. The van der Waals surface area contributed by atoms with E-state index in [1.807, 2.05) is 20.8 Å². The van der Waals surface area contributed by atoms with Crippen LogP contribution in [0.5, 0.6) is 0 Å². The number of ether oxygens (including phenoxy) is 1. The van der Waals surface area contributed by atoms with Gasteiger partial charge in [0.2, 0.25) is 0 Å². The molecule has 0 aliphatic rings. The second kappa shape index (κ2) is 7.21. The van der Waals surface area contributed by atoms with Gasteiger partial charge in [0, 0.05) is 24.1 Å². The molecular formula is C14H19NO4S. The van der Waals surface area contributed by atoms with E-state index in [4.69, 9.17) is 9.84 Å². The van der Waals surface area contributed by atoms with Gasteiger partial charge in [-0.05, 0) is 39.0 Å². The van der Waals surface area contributed by atoms with Crippen LogP contribution in [0, 0.1) is 0 Å². The molecule has 6 heteroatoms. The largest absolute Gasteiger partial charge is 0.478 e. The zero-order chi connectivity index (χ0) is 15.2. The van der Waals surface area contributed by atoms with E-state index in [2.05, 4.69) is 5.32 Å². The molecule has 0 aliphatic heterocycles. The van der Waals surface area contributed by atoms with Crippen LogP contribution in [0.3, 0.4) is 0 Å². The van der Waals surface area contributed by atoms with Crippen LogP contribution in [-0.2, 0) is 9.53 Å². The molecule has 1 heterocycles. The van der Waals surface area contributed by atoms with Gasteiger partial charge in [-0.2, -0.15) is 0 Å². The van der Waals surface area contributed by atoms with Crippen molar-refractivity contribution in [2.45, 2.75) is 26.4 Å². The summed E-state index contributed by atoms with van der Waals surface area (Å²) < 4.78 is 5.50. The van der Waals surface area contributed by atoms with Gasteiger partial charge in [0.15, 0.2) is 0 Å². The average Bonchev–Trinajstić information content (AvgIpc) is 2.82. The summed E-state index contributed by atoms with van der Waals surface area (Å²) in [5.41, 5.74) is -0.409. The van der Waals surface area contributed by atoms with Crippen molar-refractivity contribution in [3.63, 3.8) is 0 Å². The van der Waals surface area contributed by atoms with Gasteiger partial charge in [0.1, 0.15) is 0 Å². The summed E-state index contributed by atoms with van der Waals surface area (Å²) in [6.07, 6.45) is 2.51. The Morgan fingerprint density at radius 1 is 1.45 bits per heavy atom. The van der Waals surface area contributed by atoms with Crippen LogP contribution in [-0.4, -0.2) is 35.7 Å². The summed E-state index contributed by atoms with van der Waals surface area (Å²) in [5.74, 6) is -1.19. The molecule has 0 aromatic carbocycles. The molecule has 2 N–H and O–H groups in total. The highest BCUT2D eigenvalue weighted by atomic mass is 32.1. The minimum Gasteiger partial charge on any atom is -0.478 e. The van der Waals surface area contributed by atoms with Crippen LogP contribution >= 0.6 is 11.3 Å². The Kier molecular flexibility index (Phi) is 5.91. The van der Waals surface area contributed by atoms with Gasteiger partial charge < -0.3 is 15.2 Å². The lowest BCUT2D eigenvalue weighted by molar-refractivity contribution is -0.131. The summed E-state index contributed by atoms with van der Waals surface area (Å²) in [6, 6.07) is 3.39. The standard InChI is InChI=1S/C14H19NO4S/c1-4-19-14(2,3)9-15-13(18)11-7-5-10(20-11)6-8-12(16)17/h5-8H,4,9H2,1-3H3,(H,15,18)(H,16,17)/b8-6+. The zero-order valence-electron chi connectivity index (χ0n) is 11.8. The van der Waals surface area contributed by atoms with Gasteiger partial charge in [-0.25, -0.2) is 4.79 Å². The normalized spacial score (nSPS) is 11.8. The number of hydrogen-bond acceptors (Lipinski definition) is 4. The number of carbonyl (C=O) groups excluding carboxylic acids is 1. The Balaban J connectivity index is 2.58. The summed E-state index contributed by atoms with van der Waals surface area (Å²) in [5, 5.41) is 11.3. The lowest BCUT2D eigenvalue weighted by Crippen LogP contribution is -2.40. The summed E-state index contributed by atoms with van der Waals surface area (Å²) >= 11 is 1.24. The van der Waals surface area contributed by atoms with Gasteiger partial charge >= 0.3 is 5.97 Å². The first kappa shape index (κ1) is 16.4. The Hall–Kier alpha value is -1.66. The minimum atomic E-state index is -1.01. The maximum absolute atomic E-state index is 12.0. The molecule has 1 amide bonds. The topological polar surface area (TPSA) is 75.6 Å². The van der Waals surface area contributed by atoms with Crippen LogP contribution in [0.2, 0.25) is 0 Å². The van der Waals surface area contributed by atoms with Crippen LogP contribution in [0.15, 0.2) is 18.2 Å². The highest BCUT2D eigenvalue weighted by molar-refractivity contribution is 7.14. The zero-order valence-corrected chi connectivity index (χ0v) is 12.6. The van der Waals surface area contributed by atoms with E-state index in [0.717, 1.165) is 11.0 Å². The third-order valence-electron chi connectivity index (χ3n) is 2.45. The third kappa shape index (κ3) is 5.54.